The zero-order chi connectivity index (χ0) is 17.5. The van der Waals surface area contributed by atoms with E-state index < -0.39 is 0 Å². The van der Waals surface area contributed by atoms with Crippen molar-refractivity contribution in [1.29, 1.82) is 0 Å². The summed E-state index contributed by atoms with van der Waals surface area (Å²) >= 11 is 0. The molecule has 26 heavy (non-hydrogen) atoms. The predicted octanol–water partition coefficient (Wildman–Crippen LogP) is 3.45. The van der Waals surface area contributed by atoms with Crippen molar-refractivity contribution < 1.29 is 4.79 Å². The number of carbonyl (C=O) groups is 1. The largest absolute Gasteiger partial charge is 0.334 e. The van der Waals surface area contributed by atoms with E-state index in [1.165, 1.54) is 17.5 Å². The van der Waals surface area contributed by atoms with Crippen LogP contribution in [0.1, 0.15) is 53.2 Å². The summed E-state index contributed by atoms with van der Waals surface area (Å²) in [6.07, 6.45) is 12.7. The van der Waals surface area contributed by atoms with Gasteiger partial charge in [-0.05, 0) is 43.2 Å². The van der Waals surface area contributed by atoms with Crippen LogP contribution in [0, 0.1) is 0 Å². The lowest BCUT2D eigenvalue weighted by Gasteiger charge is -2.35. The first-order valence-electron chi connectivity index (χ1n) is 9.49. The van der Waals surface area contributed by atoms with Gasteiger partial charge in [0, 0.05) is 43.3 Å². The Hall–Kier alpha value is -2.69. The van der Waals surface area contributed by atoms with Crippen LogP contribution in [0.5, 0.6) is 0 Å². The molecular weight excluding hydrogens is 324 g/mol. The summed E-state index contributed by atoms with van der Waals surface area (Å²) in [6.45, 7) is 0.811. The summed E-state index contributed by atoms with van der Waals surface area (Å²) in [5.74, 6) is 0.457. The van der Waals surface area contributed by atoms with Crippen molar-refractivity contribution in [3.8, 4) is 0 Å². The van der Waals surface area contributed by atoms with Crippen molar-refractivity contribution in [2.45, 2.75) is 44.1 Å². The van der Waals surface area contributed by atoms with Crippen molar-refractivity contribution in [2.75, 3.05) is 6.54 Å². The highest BCUT2D eigenvalue weighted by atomic mass is 16.2. The van der Waals surface area contributed by atoms with Crippen LogP contribution < -0.4 is 0 Å². The molecule has 1 amide bonds. The minimum atomic E-state index is 0.0207. The number of hydrogen-bond donors (Lipinski definition) is 0. The molecule has 2 aliphatic rings. The smallest absolute Gasteiger partial charge is 0.276 e. The van der Waals surface area contributed by atoms with Crippen molar-refractivity contribution >= 4 is 11.6 Å². The summed E-state index contributed by atoms with van der Waals surface area (Å²) in [5, 5.41) is 0. The number of rotatable bonds is 2. The first-order chi connectivity index (χ1) is 12.8. The second kappa shape index (κ2) is 6.24. The molecule has 0 unspecified atom stereocenters. The third-order valence-electron chi connectivity index (χ3n) is 5.95. The number of likely N-dealkylation sites (tertiary alicyclic amines) is 1. The normalized spacial score (nSPS) is 22.5. The van der Waals surface area contributed by atoms with E-state index in [0.717, 1.165) is 32.2 Å². The number of amides is 1. The van der Waals surface area contributed by atoms with Gasteiger partial charge in [0.15, 0.2) is 11.3 Å². The Kier molecular flexibility index (Phi) is 3.73. The highest BCUT2D eigenvalue weighted by Gasteiger charge is 2.38. The number of fused-ring (bicyclic) bond motifs is 2. The Morgan fingerprint density at radius 3 is 2.81 bits per heavy atom. The molecule has 5 rings (SSSR count). The monoisotopic (exact) mass is 346 g/mol. The molecular formula is C21H22N4O. The number of benzene rings is 1. The zero-order valence-corrected chi connectivity index (χ0v) is 14.7. The van der Waals surface area contributed by atoms with E-state index in [4.69, 9.17) is 0 Å². The first kappa shape index (κ1) is 15.6. The fraction of sp³-hybridized carbons (Fsp3) is 0.381. The third kappa shape index (κ3) is 2.42. The van der Waals surface area contributed by atoms with Gasteiger partial charge in [-0.1, -0.05) is 24.3 Å². The minimum Gasteiger partial charge on any atom is -0.334 e. The van der Waals surface area contributed by atoms with Crippen LogP contribution in [0.4, 0.5) is 0 Å². The topological polar surface area (TPSA) is 50.5 Å². The Morgan fingerprint density at radius 1 is 1.04 bits per heavy atom. The summed E-state index contributed by atoms with van der Waals surface area (Å²) in [6, 6.07) is 9.02. The zero-order valence-electron chi connectivity index (χ0n) is 14.7. The van der Waals surface area contributed by atoms with E-state index >= 15 is 0 Å². The van der Waals surface area contributed by atoms with Crippen LogP contribution in [0.25, 0.3) is 5.65 Å². The SMILES string of the molecule is O=C(c1nccn2ccnc12)N1CCC[C@H]1[C@H]1CCCc2ccccc21. The third-order valence-corrected chi connectivity index (χ3v) is 5.95. The van der Waals surface area contributed by atoms with Gasteiger partial charge in [0.25, 0.3) is 5.91 Å². The van der Waals surface area contributed by atoms with Crippen LogP contribution >= 0.6 is 0 Å². The van der Waals surface area contributed by atoms with Crippen molar-refractivity contribution in [2.24, 2.45) is 0 Å². The van der Waals surface area contributed by atoms with Gasteiger partial charge in [0.1, 0.15) is 0 Å². The Labute approximate surface area is 152 Å². The van der Waals surface area contributed by atoms with Gasteiger partial charge in [-0.3, -0.25) is 4.79 Å². The van der Waals surface area contributed by atoms with Gasteiger partial charge >= 0.3 is 0 Å². The number of hydrogen-bond acceptors (Lipinski definition) is 3. The van der Waals surface area contributed by atoms with Gasteiger partial charge in [0.2, 0.25) is 0 Å². The molecule has 3 heterocycles. The fourth-order valence-electron chi connectivity index (χ4n) is 4.80. The average Bonchev–Trinajstić information content (AvgIpc) is 3.36. The maximum atomic E-state index is 13.3. The number of carbonyl (C=O) groups excluding carboxylic acids is 1. The first-order valence-corrected chi connectivity index (χ1v) is 9.49. The molecule has 0 N–H and O–H groups in total. The van der Waals surface area contributed by atoms with Crippen molar-refractivity contribution in [3.05, 3.63) is 65.9 Å². The molecule has 1 aliphatic heterocycles. The van der Waals surface area contributed by atoms with Gasteiger partial charge in [-0.2, -0.15) is 0 Å². The molecule has 1 fully saturated rings. The lowest BCUT2D eigenvalue weighted by molar-refractivity contribution is 0.0706. The highest BCUT2D eigenvalue weighted by molar-refractivity contribution is 5.98. The second-order valence-electron chi connectivity index (χ2n) is 7.34. The van der Waals surface area contributed by atoms with Gasteiger partial charge in [-0.15, -0.1) is 0 Å². The molecule has 0 bridgehead atoms. The highest BCUT2D eigenvalue weighted by Crippen LogP contribution is 2.40. The lowest BCUT2D eigenvalue weighted by Crippen LogP contribution is -2.40. The Balaban J connectivity index is 1.50. The van der Waals surface area contributed by atoms with E-state index in [9.17, 15) is 4.79 Å². The molecule has 0 saturated carbocycles. The number of imidazole rings is 1. The van der Waals surface area contributed by atoms with Crippen LogP contribution in [0.2, 0.25) is 0 Å². The van der Waals surface area contributed by atoms with Crippen LogP contribution in [0.3, 0.4) is 0 Å². The van der Waals surface area contributed by atoms with E-state index in [0.29, 0.717) is 17.3 Å². The molecule has 132 valence electrons. The summed E-state index contributed by atoms with van der Waals surface area (Å²) in [5.41, 5.74) is 4.01. The van der Waals surface area contributed by atoms with Crippen LogP contribution in [-0.4, -0.2) is 37.8 Å². The summed E-state index contributed by atoms with van der Waals surface area (Å²) in [7, 11) is 0. The van der Waals surface area contributed by atoms with E-state index in [1.807, 2.05) is 16.8 Å². The maximum Gasteiger partial charge on any atom is 0.276 e. The lowest BCUT2D eigenvalue weighted by atomic mass is 9.78. The van der Waals surface area contributed by atoms with Crippen LogP contribution in [0.15, 0.2) is 49.1 Å². The van der Waals surface area contributed by atoms with Crippen molar-refractivity contribution in [1.82, 2.24) is 19.3 Å². The second-order valence-corrected chi connectivity index (χ2v) is 7.34. The quantitative estimate of drug-likeness (QED) is 0.714. The van der Waals surface area contributed by atoms with Gasteiger partial charge < -0.3 is 9.30 Å². The molecule has 2 atom stereocenters. The number of aromatic nitrogens is 3. The summed E-state index contributed by atoms with van der Waals surface area (Å²) < 4.78 is 1.86. The molecule has 1 aliphatic carbocycles. The molecule has 3 aromatic rings. The Morgan fingerprint density at radius 2 is 1.88 bits per heavy atom. The van der Waals surface area contributed by atoms with E-state index in [2.05, 4.69) is 39.1 Å². The van der Waals surface area contributed by atoms with E-state index in [-0.39, 0.29) is 11.9 Å². The molecule has 1 saturated heterocycles. The standard InChI is InChI=1S/C21H22N4O/c26-21(19-20-23-11-14-24(20)13-10-22-19)25-12-4-9-18(25)17-8-3-6-15-5-1-2-7-16(15)17/h1-2,5,7,10-11,13-14,17-18H,3-4,6,8-9,12H2/t17-,18-/m0/s1. The number of aryl methyl sites for hydroxylation is 1. The summed E-state index contributed by atoms with van der Waals surface area (Å²) in [4.78, 5) is 24.1. The average molecular weight is 346 g/mol. The Bertz CT molecular complexity index is 963. The maximum absolute atomic E-state index is 13.3. The predicted molar refractivity (Wildman–Crippen MR) is 99.2 cm³/mol. The minimum absolute atomic E-state index is 0.0207. The molecule has 0 radical (unpaired) electrons. The molecule has 1 aromatic carbocycles. The van der Waals surface area contributed by atoms with Crippen LogP contribution in [-0.2, 0) is 6.42 Å². The van der Waals surface area contributed by atoms with Gasteiger partial charge in [-0.25, -0.2) is 9.97 Å². The van der Waals surface area contributed by atoms with E-state index in [1.54, 1.807) is 12.4 Å². The molecule has 5 nitrogen and oxygen atoms in total. The molecule has 2 aromatic heterocycles. The number of nitrogens with zero attached hydrogens (tertiary/aromatic N) is 4. The molecule has 5 heteroatoms. The fourth-order valence-corrected chi connectivity index (χ4v) is 4.80. The van der Waals surface area contributed by atoms with Gasteiger partial charge in [0.05, 0.1) is 0 Å². The van der Waals surface area contributed by atoms with Crippen molar-refractivity contribution in [3.63, 3.8) is 0 Å². The molecule has 0 spiro atoms.